The minimum absolute atomic E-state index is 0.209. The second kappa shape index (κ2) is 16.8. The van der Waals surface area contributed by atoms with Crippen molar-refractivity contribution in [1.29, 1.82) is 0 Å². The number of thiazole rings is 1. The molecule has 4 rings (SSSR count). The summed E-state index contributed by atoms with van der Waals surface area (Å²) in [6.45, 7) is 10.1. The highest BCUT2D eigenvalue weighted by atomic mass is 32.1. The lowest BCUT2D eigenvalue weighted by Gasteiger charge is -2.34. The molecule has 4 heterocycles. The largest absolute Gasteiger partial charge is 0.490 e. The van der Waals surface area contributed by atoms with E-state index < -0.39 is 36.4 Å². The molecule has 0 aliphatic carbocycles. The number of halogens is 9. The van der Waals surface area contributed by atoms with Gasteiger partial charge in [-0.2, -0.15) is 39.5 Å². The van der Waals surface area contributed by atoms with Gasteiger partial charge >= 0.3 is 36.4 Å². The lowest BCUT2D eigenvalue weighted by molar-refractivity contribution is -0.193. The van der Waals surface area contributed by atoms with E-state index in [9.17, 15) is 39.5 Å². The Kier molecular flexibility index (Phi) is 14.7. The number of nitrogens with zero attached hydrogens (tertiary/aromatic N) is 3. The fourth-order valence-electron chi connectivity index (χ4n) is 4.08. The van der Waals surface area contributed by atoms with E-state index in [1.165, 1.54) is 5.01 Å². The molecule has 45 heavy (non-hydrogen) atoms. The summed E-state index contributed by atoms with van der Waals surface area (Å²) in [5.41, 5.74) is 0.209. The number of ether oxygens (including phenoxy) is 1. The Hall–Kier alpha value is -3.43. The average Bonchev–Trinajstić information content (AvgIpc) is 3.62. The molecule has 1 spiro atoms. The van der Waals surface area contributed by atoms with Crippen molar-refractivity contribution < 1.29 is 78.4 Å². The van der Waals surface area contributed by atoms with Gasteiger partial charge < -0.3 is 24.5 Å². The van der Waals surface area contributed by atoms with Gasteiger partial charge in [0, 0.05) is 43.2 Å². The molecule has 21 heteroatoms. The van der Waals surface area contributed by atoms with Crippen LogP contribution >= 0.6 is 11.3 Å². The minimum Gasteiger partial charge on any atom is -0.475 e. The van der Waals surface area contributed by atoms with Gasteiger partial charge in [0.05, 0.1) is 32.6 Å². The molecule has 0 saturated carbocycles. The summed E-state index contributed by atoms with van der Waals surface area (Å²) >= 11 is 1.74. The summed E-state index contributed by atoms with van der Waals surface area (Å²) in [4.78, 5) is 36.2. The van der Waals surface area contributed by atoms with Gasteiger partial charge in [-0.15, -0.1) is 11.3 Å². The third kappa shape index (κ3) is 14.5. The Balaban J connectivity index is 0.000000396. The number of carbonyl (C=O) groups is 3. The van der Waals surface area contributed by atoms with Crippen molar-refractivity contribution in [1.82, 2.24) is 14.8 Å². The van der Waals surface area contributed by atoms with Crippen LogP contribution in [0, 0.1) is 11.3 Å². The van der Waals surface area contributed by atoms with Crippen molar-refractivity contribution in [2.45, 2.75) is 38.5 Å². The van der Waals surface area contributed by atoms with Gasteiger partial charge in [0.2, 0.25) is 0 Å². The number of likely N-dealkylation sites (tertiary alicyclic amines) is 1. The number of carboxylic acids is 3. The first-order valence-electron chi connectivity index (χ1n) is 12.4. The first kappa shape index (κ1) is 39.6. The number of aliphatic carboxylic acids is 3. The van der Waals surface area contributed by atoms with Crippen LogP contribution < -0.4 is 0 Å². The maximum Gasteiger partial charge on any atom is 0.490 e. The number of furan rings is 1. The Morgan fingerprint density at radius 3 is 1.87 bits per heavy atom. The summed E-state index contributed by atoms with van der Waals surface area (Å²) in [6, 6.07) is 4.03. The Labute approximate surface area is 252 Å². The normalized spacial score (nSPS) is 20.9. The highest BCUT2D eigenvalue weighted by molar-refractivity contribution is 7.09. The van der Waals surface area contributed by atoms with Crippen LogP contribution in [0.1, 0.15) is 17.7 Å². The fourth-order valence-corrected chi connectivity index (χ4v) is 4.74. The predicted molar refractivity (Wildman–Crippen MR) is 135 cm³/mol. The molecule has 0 aromatic carbocycles. The summed E-state index contributed by atoms with van der Waals surface area (Å²) in [7, 11) is 0. The molecule has 11 nitrogen and oxygen atoms in total. The molecule has 2 aliphatic rings. The van der Waals surface area contributed by atoms with Crippen molar-refractivity contribution in [3.05, 3.63) is 40.7 Å². The van der Waals surface area contributed by atoms with Crippen molar-refractivity contribution in [3.63, 3.8) is 0 Å². The smallest absolute Gasteiger partial charge is 0.475 e. The molecule has 2 saturated heterocycles. The Bertz CT molecular complexity index is 1140. The molecule has 0 amide bonds. The summed E-state index contributed by atoms with van der Waals surface area (Å²) < 4.78 is 107. The van der Waals surface area contributed by atoms with E-state index in [-0.39, 0.29) is 5.41 Å². The van der Waals surface area contributed by atoms with Crippen LogP contribution in [0.4, 0.5) is 39.5 Å². The molecule has 0 unspecified atom stereocenters. The van der Waals surface area contributed by atoms with E-state index in [1.807, 2.05) is 12.3 Å². The Morgan fingerprint density at radius 1 is 0.933 bits per heavy atom. The highest BCUT2D eigenvalue weighted by Crippen LogP contribution is 2.39. The number of rotatable bonds is 4. The SMILES string of the molecule is C[C@H]1CN(Cc2ccco2)C[C@@]12COCCN(Cc1nccs1)C2.O=C(O)C(F)(F)F.O=C(O)C(F)(F)F.O=C(O)C(F)(F)F. The van der Waals surface area contributed by atoms with Crippen molar-refractivity contribution in [2.75, 3.05) is 39.4 Å². The third-order valence-corrected chi connectivity index (χ3v) is 6.89. The fraction of sp³-hybridized carbons (Fsp3) is 0.583. The van der Waals surface area contributed by atoms with Gasteiger partial charge in [-0.05, 0) is 18.1 Å². The molecule has 2 atom stereocenters. The standard InChI is InChI=1S/C18H25N3O2S.3C2HF3O2/c1-15-9-21(10-16-3-2-6-23-16)13-18(15)12-20(5-7-22-14-18)11-17-19-4-8-24-17;3*3-2(4,5)1(6)7/h2-4,6,8,15H,5,7,9-14H2,1H3;3*(H,6,7)/t15-,18-;;;/m0.../s1. The van der Waals surface area contributed by atoms with Gasteiger partial charge in [0.25, 0.3) is 0 Å². The van der Waals surface area contributed by atoms with Gasteiger partial charge in [-0.1, -0.05) is 6.92 Å². The second-order valence-electron chi connectivity index (χ2n) is 9.61. The predicted octanol–water partition coefficient (Wildman–Crippen LogP) is 4.61. The third-order valence-electron chi connectivity index (χ3n) is 6.13. The molecule has 2 aliphatic heterocycles. The first-order valence-corrected chi connectivity index (χ1v) is 13.3. The van der Waals surface area contributed by atoms with Gasteiger partial charge in [0.1, 0.15) is 10.8 Å². The van der Waals surface area contributed by atoms with E-state index in [4.69, 9.17) is 38.9 Å². The lowest BCUT2D eigenvalue weighted by Crippen LogP contribution is -2.43. The number of hydrogen-bond acceptors (Lipinski definition) is 9. The molecule has 3 N–H and O–H groups in total. The molecule has 0 bridgehead atoms. The number of carboxylic acid groups (broad SMARTS) is 3. The number of hydrogen-bond donors (Lipinski definition) is 3. The summed E-state index contributed by atoms with van der Waals surface area (Å²) in [6.07, 6.45) is -11.6. The quantitative estimate of drug-likeness (QED) is 0.386. The van der Waals surface area contributed by atoms with E-state index in [0.29, 0.717) is 5.92 Å². The summed E-state index contributed by atoms with van der Waals surface area (Å²) in [5, 5.41) is 24.6. The first-order chi connectivity index (χ1) is 20.6. The highest BCUT2D eigenvalue weighted by Gasteiger charge is 2.46. The lowest BCUT2D eigenvalue weighted by atomic mass is 9.79. The maximum absolute atomic E-state index is 10.6. The van der Waals surface area contributed by atoms with Crippen LogP contribution in [0.25, 0.3) is 0 Å². The number of alkyl halides is 9. The molecular formula is C24H28F9N3O8S. The van der Waals surface area contributed by atoms with E-state index >= 15 is 0 Å². The second-order valence-corrected chi connectivity index (χ2v) is 10.6. The van der Waals surface area contributed by atoms with E-state index in [1.54, 1.807) is 17.6 Å². The van der Waals surface area contributed by atoms with Crippen LogP contribution in [-0.4, -0.2) is 106 Å². The molecule has 256 valence electrons. The average molecular weight is 690 g/mol. The van der Waals surface area contributed by atoms with Gasteiger partial charge in [-0.25, -0.2) is 19.4 Å². The molecule has 0 radical (unpaired) electrons. The van der Waals surface area contributed by atoms with Crippen LogP contribution in [0.2, 0.25) is 0 Å². The zero-order chi connectivity index (χ0) is 34.6. The van der Waals surface area contributed by atoms with Crippen LogP contribution in [-0.2, 0) is 32.2 Å². The van der Waals surface area contributed by atoms with Crippen molar-refractivity contribution in [3.8, 4) is 0 Å². The van der Waals surface area contributed by atoms with Crippen LogP contribution in [0.5, 0.6) is 0 Å². The monoisotopic (exact) mass is 689 g/mol. The zero-order valence-electron chi connectivity index (χ0n) is 23.2. The molecule has 2 aromatic heterocycles. The summed E-state index contributed by atoms with van der Waals surface area (Å²) in [5.74, 6) is -6.61. The van der Waals surface area contributed by atoms with Crippen molar-refractivity contribution in [2.24, 2.45) is 11.3 Å². The van der Waals surface area contributed by atoms with Gasteiger partial charge in [0.15, 0.2) is 0 Å². The molecular weight excluding hydrogens is 661 g/mol. The van der Waals surface area contributed by atoms with E-state index in [2.05, 4.69) is 33.2 Å². The van der Waals surface area contributed by atoms with Crippen molar-refractivity contribution >= 4 is 29.2 Å². The van der Waals surface area contributed by atoms with Crippen LogP contribution in [0.3, 0.4) is 0 Å². The number of aromatic nitrogens is 1. The van der Waals surface area contributed by atoms with Crippen LogP contribution in [0.15, 0.2) is 34.4 Å². The topological polar surface area (TPSA) is 154 Å². The minimum atomic E-state index is -5.08. The molecule has 2 aromatic rings. The zero-order valence-corrected chi connectivity index (χ0v) is 24.0. The Morgan fingerprint density at radius 2 is 1.44 bits per heavy atom. The molecule has 2 fully saturated rings. The van der Waals surface area contributed by atoms with E-state index in [0.717, 1.165) is 58.2 Å². The van der Waals surface area contributed by atoms with Gasteiger partial charge in [-0.3, -0.25) is 9.80 Å². The maximum atomic E-state index is 10.6.